The number of nitrogens with one attached hydrogen (secondary N) is 1. The van der Waals surface area contributed by atoms with E-state index in [1.807, 2.05) is 23.6 Å². The van der Waals surface area contributed by atoms with Crippen LogP contribution in [-0.4, -0.2) is 30.6 Å². The molecule has 4 rings (SSSR count). The van der Waals surface area contributed by atoms with E-state index in [0.29, 0.717) is 5.69 Å². The number of hydrogen-bond donors (Lipinski definition) is 1. The van der Waals surface area contributed by atoms with Crippen LogP contribution < -0.4 is 4.31 Å². The lowest BCUT2D eigenvalue weighted by Crippen LogP contribution is -2.27. The molecule has 0 saturated heterocycles. The summed E-state index contributed by atoms with van der Waals surface area (Å²) in [7, 11) is -2.26. The fraction of sp³-hybridized carbons (Fsp3) is 0.125. The number of nitrogens with zero attached hydrogens (tertiary/aromatic N) is 3. The number of fused-ring (bicyclic) bond motifs is 1. The van der Waals surface area contributed by atoms with Crippen LogP contribution in [-0.2, 0) is 10.0 Å². The quantitative estimate of drug-likeness (QED) is 0.591. The zero-order valence-corrected chi connectivity index (χ0v) is 15.1. The summed E-state index contributed by atoms with van der Waals surface area (Å²) in [5.74, 6) is 0.258. The number of hydrogen-bond acceptors (Lipinski definition) is 6. The van der Waals surface area contributed by atoms with E-state index in [-0.39, 0.29) is 10.7 Å². The molecule has 0 aliphatic rings. The van der Waals surface area contributed by atoms with Gasteiger partial charge in [-0.05, 0) is 19.1 Å². The second-order valence-corrected chi connectivity index (χ2v) is 8.31. The van der Waals surface area contributed by atoms with E-state index in [0.717, 1.165) is 21.6 Å². The minimum atomic E-state index is -3.77. The largest absolute Gasteiger partial charge is 0.360 e. The number of benzene rings is 1. The summed E-state index contributed by atoms with van der Waals surface area (Å²) < 4.78 is 31.9. The molecule has 4 aromatic rings. The Bertz CT molecular complexity index is 1140. The first kappa shape index (κ1) is 15.9. The Labute approximate surface area is 148 Å². The summed E-state index contributed by atoms with van der Waals surface area (Å²) in [5, 5.41) is 7.22. The van der Waals surface area contributed by atoms with Crippen LogP contribution in [0.15, 0.2) is 51.5 Å². The number of rotatable bonds is 4. The van der Waals surface area contributed by atoms with Crippen molar-refractivity contribution in [3.63, 3.8) is 0 Å². The fourth-order valence-corrected chi connectivity index (χ4v) is 4.58. The van der Waals surface area contributed by atoms with Gasteiger partial charge in [0.05, 0.1) is 23.1 Å². The smallest absolute Gasteiger partial charge is 0.269 e. The maximum atomic E-state index is 12.9. The number of aromatic nitrogens is 3. The van der Waals surface area contributed by atoms with Crippen molar-refractivity contribution in [1.29, 1.82) is 0 Å². The highest BCUT2D eigenvalue weighted by atomic mass is 32.2. The molecule has 0 aliphatic heterocycles. The monoisotopic (exact) mass is 374 g/mol. The van der Waals surface area contributed by atoms with Crippen molar-refractivity contribution in [3.05, 3.63) is 47.8 Å². The van der Waals surface area contributed by atoms with Crippen LogP contribution in [0.5, 0.6) is 0 Å². The van der Waals surface area contributed by atoms with Crippen molar-refractivity contribution >= 4 is 38.0 Å². The number of aromatic amines is 1. The number of H-pyrrole nitrogens is 1. The molecule has 0 spiro atoms. The minimum Gasteiger partial charge on any atom is -0.360 e. The molecule has 0 atom stereocenters. The van der Waals surface area contributed by atoms with E-state index in [1.165, 1.54) is 28.9 Å². The topological polar surface area (TPSA) is 92.1 Å². The molecule has 7 nitrogen and oxygen atoms in total. The fourth-order valence-electron chi connectivity index (χ4n) is 2.69. The highest BCUT2D eigenvalue weighted by molar-refractivity contribution is 7.92. The lowest BCUT2D eigenvalue weighted by Gasteiger charge is -2.19. The zero-order chi connectivity index (χ0) is 17.6. The SMILES string of the molecule is Cc1oncc1S(=O)(=O)N(C)c1cccc2cc(-c3nccs3)[nH]c12. The number of anilines is 1. The highest BCUT2D eigenvalue weighted by Crippen LogP contribution is 2.33. The van der Waals surface area contributed by atoms with Crippen LogP contribution in [0.2, 0.25) is 0 Å². The first-order valence-electron chi connectivity index (χ1n) is 7.40. The van der Waals surface area contributed by atoms with Crippen molar-refractivity contribution in [2.45, 2.75) is 11.8 Å². The second-order valence-electron chi connectivity index (χ2n) is 5.48. The van der Waals surface area contributed by atoms with E-state index in [4.69, 9.17) is 4.52 Å². The van der Waals surface area contributed by atoms with E-state index < -0.39 is 10.0 Å². The van der Waals surface area contributed by atoms with Gasteiger partial charge in [0.15, 0.2) is 5.76 Å². The van der Waals surface area contributed by atoms with E-state index >= 15 is 0 Å². The Balaban J connectivity index is 1.85. The zero-order valence-electron chi connectivity index (χ0n) is 13.4. The van der Waals surface area contributed by atoms with E-state index in [2.05, 4.69) is 15.1 Å². The van der Waals surface area contributed by atoms with Crippen LogP contribution in [0.1, 0.15) is 5.76 Å². The van der Waals surface area contributed by atoms with Gasteiger partial charge in [0.1, 0.15) is 9.90 Å². The summed E-state index contributed by atoms with van der Waals surface area (Å²) >= 11 is 1.52. The van der Waals surface area contributed by atoms with Gasteiger partial charge in [-0.3, -0.25) is 4.31 Å². The maximum Gasteiger partial charge on any atom is 0.269 e. The summed E-state index contributed by atoms with van der Waals surface area (Å²) in [5.41, 5.74) is 2.12. The molecule has 1 aromatic carbocycles. The van der Waals surface area contributed by atoms with Gasteiger partial charge < -0.3 is 9.51 Å². The molecule has 25 heavy (non-hydrogen) atoms. The summed E-state index contributed by atoms with van der Waals surface area (Å²) in [6, 6.07) is 7.47. The Hall–Kier alpha value is -2.65. The van der Waals surface area contributed by atoms with Crippen molar-refractivity contribution in [2.75, 3.05) is 11.4 Å². The molecule has 1 N–H and O–H groups in total. The van der Waals surface area contributed by atoms with E-state index in [1.54, 1.807) is 19.2 Å². The maximum absolute atomic E-state index is 12.9. The van der Waals surface area contributed by atoms with Crippen molar-refractivity contribution < 1.29 is 12.9 Å². The average Bonchev–Trinajstić information content (AvgIpc) is 3.32. The third-order valence-corrected chi connectivity index (χ3v) is 6.65. The lowest BCUT2D eigenvalue weighted by atomic mass is 10.2. The standard InChI is InChI=1S/C16H14N4O3S2/c1-10-14(9-18-23-10)25(21,22)20(2)13-5-3-4-11-8-12(19-15(11)13)16-17-6-7-24-16/h3-9,19H,1-2H3. The van der Waals surface area contributed by atoms with Crippen LogP contribution in [0.4, 0.5) is 5.69 Å². The van der Waals surface area contributed by atoms with E-state index in [9.17, 15) is 8.42 Å². The third-order valence-electron chi connectivity index (χ3n) is 3.98. The van der Waals surface area contributed by atoms with Crippen molar-refractivity contribution in [2.24, 2.45) is 0 Å². The molecular weight excluding hydrogens is 360 g/mol. The van der Waals surface area contributed by atoms with Gasteiger partial charge in [-0.1, -0.05) is 17.3 Å². The molecule has 0 radical (unpaired) electrons. The third kappa shape index (κ3) is 2.52. The molecule has 3 aromatic heterocycles. The van der Waals surface area contributed by atoms with Gasteiger partial charge in [-0.2, -0.15) is 0 Å². The summed E-state index contributed by atoms with van der Waals surface area (Å²) in [6.45, 7) is 1.57. The van der Waals surface area contributed by atoms with Crippen molar-refractivity contribution in [1.82, 2.24) is 15.1 Å². The van der Waals surface area contributed by atoms with Crippen LogP contribution in [0.25, 0.3) is 21.6 Å². The van der Waals surface area contributed by atoms with Gasteiger partial charge in [0, 0.05) is 24.0 Å². The van der Waals surface area contributed by atoms with Crippen LogP contribution in [0.3, 0.4) is 0 Å². The summed E-state index contributed by atoms with van der Waals surface area (Å²) in [6.07, 6.45) is 2.95. The number of sulfonamides is 1. The molecule has 0 unspecified atom stereocenters. The predicted octanol–water partition coefficient (Wildman–Crippen LogP) is 3.41. The molecule has 0 saturated carbocycles. The van der Waals surface area contributed by atoms with Gasteiger partial charge in [0.2, 0.25) is 0 Å². The molecule has 128 valence electrons. The Morgan fingerprint density at radius 1 is 1.32 bits per heavy atom. The first-order chi connectivity index (χ1) is 12.0. The Kier molecular flexibility index (Phi) is 3.62. The molecule has 0 amide bonds. The summed E-state index contributed by atoms with van der Waals surface area (Å²) in [4.78, 5) is 7.63. The molecule has 0 bridgehead atoms. The highest BCUT2D eigenvalue weighted by Gasteiger charge is 2.27. The van der Waals surface area contributed by atoms with Crippen LogP contribution >= 0.6 is 11.3 Å². The normalized spacial score (nSPS) is 11.9. The molecule has 0 aliphatic carbocycles. The van der Waals surface area contributed by atoms with Gasteiger partial charge >= 0.3 is 0 Å². The molecule has 3 heterocycles. The number of thiazole rings is 1. The Morgan fingerprint density at radius 3 is 2.84 bits per heavy atom. The first-order valence-corrected chi connectivity index (χ1v) is 9.72. The average molecular weight is 374 g/mol. The second kappa shape index (κ2) is 5.71. The molecular formula is C16H14N4O3S2. The molecule has 9 heteroatoms. The van der Waals surface area contributed by atoms with Gasteiger partial charge in [-0.15, -0.1) is 11.3 Å². The van der Waals surface area contributed by atoms with Gasteiger partial charge in [0.25, 0.3) is 10.0 Å². The lowest BCUT2D eigenvalue weighted by molar-refractivity contribution is 0.394. The number of aryl methyl sites for hydroxylation is 1. The van der Waals surface area contributed by atoms with Crippen LogP contribution in [0, 0.1) is 6.92 Å². The predicted molar refractivity (Wildman–Crippen MR) is 96.2 cm³/mol. The van der Waals surface area contributed by atoms with Crippen molar-refractivity contribution in [3.8, 4) is 10.7 Å². The minimum absolute atomic E-state index is 0.0544. The molecule has 0 fully saturated rings. The van der Waals surface area contributed by atoms with Gasteiger partial charge in [-0.25, -0.2) is 13.4 Å². The number of para-hydroxylation sites is 1. The Morgan fingerprint density at radius 2 is 2.16 bits per heavy atom.